The summed E-state index contributed by atoms with van der Waals surface area (Å²) in [5, 5.41) is 19.4. The van der Waals surface area contributed by atoms with Crippen molar-refractivity contribution in [2.24, 2.45) is 5.92 Å². The minimum atomic E-state index is -0.710. The average Bonchev–Trinajstić information content (AvgIpc) is 3.08. The summed E-state index contributed by atoms with van der Waals surface area (Å²) in [5.74, 6) is -0.193. The number of nitro groups is 1. The Bertz CT molecular complexity index is 620. The van der Waals surface area contributed by atoms with Crippen LogP contribution >= 0.6 is 12.4 Å². The molecule has 1 heterocycles. The molecule has 1 aliphatic heterocycles. The van der Waals surface area contributed by atoms with Crippen LogP contribution in [-0.2, 0) is 4.79 Å². The van der Waals surface area contributed by atoms with E-state index in [2.05, 4.69) is 16.0 Å². The molecule has 1 aliphatic rings. The predicted octanol–water partition coefficient (Wildman–Crippen LogP) is 1.25. The number of non-ortho nitro benzene ring substituents is 1. The smallest absolute Gasteiger partial charge is 0.270 e. The van der Waals surface area contributed by atoms with Crippen molar-refractivity contribution < 1.29 is 14.5 Å². The van der Waals surface area contributed by atoms with Gasteiger partial charge in [-0.1, -0.05) is 6.07 Å². The first kappa shape index (κ1) is 20.9. The standard InChI is InChI=1S/C16H22N4O4.ClH/c1-11(15(21)18-8-6-12-5-7-17-10-12)19-16(22)13-3-2-4-14(9-13)20(23)24;/h2-4,9,11-12,17H,5-8,10H2,1H3,(H,18,21)(H,19,22);1H. The third-order valence-electron chi connectivity index (χ3n) is 4.07. The van der Waals surface area contributed by atoms with Gasteiger partial charge in [0.05, 0.1) is 4.92 Å². The number of rotatable bonds is 7. The van der Waals surface area contributed by atoms with Crippen LogP contribution in [0, 0.1) is 16.0 Å². The molecule has 2 atom stereocenters. The molecule has 1 fully saturated rings. The van der Waals surface area contributed by atoms with Gasteiger partial charge in [0.2, 0.25) is 5.91 Å². The highest BCUT2D eigenvalue weighted by Crippen LogP contribution is 2.13. The van der Waals surface area contributed by atoms with E-state index in [-0.39, 0.29) is 29.6 Å². The van der Waals surface area contributed by atoms with E-state index in [0.717, 1.165) is 25.9 Å². The van der Waals surface area contributed by atoms with Gasteiger partial charge in [0.15, 0.2) is 0 Å². The lowest BCUT2D eigenvalue weighted by Crippen LogP contribution is -2.45. The van der Waals surface area contributed by atoms with Crippen LogP contribution in [0.1, 0.15) is 30.1 Å². The van der Waals surface area contributed by atoms with Crippen molar-refractivity contribution in [3.8, 4) is 0 Å². The van der Waals surface area contributed by atoms with Crippen LogP contribution in [0.15, 0.2) is 24.3 Å². The molecule has 0 bridgehead atoms. The molecule has 2 amide bonds. The van der Waals surface area contributed by atoms with E-state index in [9.17, 15) is 19.7 Å². The molecule has 9 heteroatoms. The highest BCUT2D eigenvalue weighted by molar-refractivity contribution is 5.97. The highest BCUT2D eigenvalue weighted by atomic mass is 35.5. The monoisotopic (exact) mass is 370 g/mol. The van der Waals surface area contributed by atoms with Gasteiger partial charge in [-0.25, -0.2) is 0 Å². The number of carbonyl (C=O) groups is 2. The largest absolute Gasteiger partial charge is 0.354 e. The number of carbonyl (C=O) groups excluding carboxylic acids is 2. The van der Waals surface area contributed by atoms with Crippen LogP contribution in [0.4, 0.5) is 5.69 Å². The fourth-order valence-corrected chi connectivity index (χ4v) is 2.62. The molecule has 3 N–H and O–H groups in total. The summed E-state index contributed by atoms with van der Waals surface area (Å²) in [4.78, 5) is 34.3. The lowest BCUT2D eigenvalue weighted by Gasteiger charge is -2.15. The lowest BCUT2D eigenvalue weighted by atomic mass is 10.1. The number of amides is 2. The van der Waals surface area contributed by atoms with Crippen molar-refractivity contribution in [1.29, 1.82) is 0 Å². The average molecular weight is 371 g/mol. The summed E-state index contributed by atoms with van der Waals surface area (Å²) in [5.41, 5.74) is -0.00851. The van der Waals surface area contributed by atoms with Gasteiger partial charge in [-0.3, -0.25) is 19.7 Å². The molecule has 0 spiro atoms. The number of nitrogens with one attached hydrogen (secondary N) is 3. The fraction of sp³-hybridized carbons (Fsp3) is 0.500. The van der Waals surface area contributed by atoms with E-state index >= 15 is 0 Å². The van der Waals surface area contributed by atoms with Crippen LogP contribution in [0.2, 0.25) is 0 Å². The first-order valence-electron chi connectivity index (χ1n) is 8.01. The van der Waals surface area contributed by atoms with Crippen molar-refractivity contribution in [2.45, 2.75) is 25.8 Å². The molecule has 1 aromatic carbocycles. The zero-order chi connectivity index (χ0) is 17.5. The molecule has 8 nitrogen and oxygen atoms in total. The molecule has 0 aliphatic carbocycles. The number of hydrogen-bond donors (Lipinski definition) is 3. The maximum atomic E-state index is 12.1. The Kier molecular flexibility index (Phi) is 8.30. The first-order chi connectivity index (χ1) is 11.5. The molecule has 138 valence electrons. The Morgan fingerprint density at radius 3 is 2.84 bits per heavy atom. The summed E-state index contributed by atoms with van der Waals surface area (Å²) >= 11 is 0. The van der Waals surface area contributed by atoms with Crippen LogP contribution in [0.3, 0.4) is 0 Å². The minimum absolute atomic E-state index is 0. The fourth-order valence-electron chi connectivity index (χ4n) is 2.62. The van der Waals surface area contributed by atoms with Gasteiger partial charge in [0.1, 0.15) is 6.04 Å². The van der Waals surface area contributed by atoms with E-state index in [1.54, 1.807) is 6.92 Å². The number of halogens is 1. The quantitative estimate of drug-likeness (QED) is 0.493. The minimum Gasteiger partial charge on any atom is -0.354 e. The molecular weight excluding hydrogens is 348 g/mol. The van der Waals surface area contributed by atoms with Gasteiger partial charge >= 0.3 is 0 Å². The Balaban J connectivity index is 0.00000312. The van der Waals surface area contributed by atoms with Crippen LogP contribution in [0.25, 0.3) is 0 Å². The Morgan fingerprint density at radius 2 is 2.20 bits per heavy atom. The lowest BCUT2D eigenvalue weighted by molar-refractivity contribution is -0.384. The Hall–Kier alpha value is -2.19. The maximum Gasteiger partial charge on any atom is 0.270 e. The second-order valence-electron chi connectivity index (χ2n) is 5.94. The van der Waals surface area contributed by atoms with Crippen LogP contribution in [0.5, 0.6) is 0 Å². The normalized spacial score (nSPS) is 17.2. The maximum absolute atomic E-state index is 12.1. The predicted molar refractivity (Wildman–Crippen MR) is 95.9 cm³/mol. The number of benzene rings is 1. The molecule has 0 saturated carbocycles. The molecule has 0 aromatic heterocycles. The van der Waals surface area contributed by atoms with Crippen LogP contribution in [-0.4, -0.2) is 42.4 Å². The summed E-state index contributed by atoms with van der Waals surface area (Å²) in [6.07, 6.45) is 2.03. The molecule has 25 heavy (non-hydrogen) atoms. The van der Waals surface area contributed by atoms with E-state index in [4.69, 9.17) is 0 Å². The van der Waals surface area contributed by atoms with E-state index in [1.807, 2.05) is 0 Å². The van der Waals surface area contributed by atoms with Crippen molar-refractivity contribution in [3.05, 3.63) is 39.9 Å². The van der Waals surface area contributed by atoms with Crippen molar-refractivity contribution in [2.75, 3.05) is 19.6 Å². The third kappa shape index (κ3) is 6.32. The topological polar surface area (TPSA) is 113 Å². The van der Waals surface area contributed by atoms with Crippen molar-refractivity contribution >= 4 is 29.9 Å². The Morgan fingerprint density at radius 1 is 1.44 bits per heavy atom. The van der Waals surface area contributed by atoms with Gasteiger partial charge in [0, 0.05) is 24.2 Å². The number of nitrogens with zero attached hydrogens (tertiary/aromatic N) is 1. The third-order valence-corrected chi connectivity index (χ3v) is 4.07. The van der Waals surface area contributed by atoms with E-state index in [1.165, 1.54) is 24.3 Å². The van der Waals surface area contributed by atoms with Crippen LogP contribution < -0.4 is 16.0 Å². The van der Waals surface area contributed by atoms with E-state index < -0.39 is 16.9 Å². The SMILES string of the molecule is CC(NC(=O)c1cccc([N+](=O)[O-])c1)C(=O)NCCC1CCNC1.Cl. The number of hydrogen-bond acceptors (Lipinski definition) is 5. The van der Waals surface area contributed by atoms with E-state index in [0.29, 0.717) is 12.5 Å². The van der Waals surface area contributed by atoms with Gasteiger partial charge in [-0.05, 0) is 44.8 Å². The summed E-state index contributed by atoms with van der Waals surface area (Å²) in [6, 6.07) is 4.70. The Labute approximate surface area is 152 Å². The summed E-state index contributed by atoms with van der Waals surface area (Å²) in [7, 11) is 0. The molecule has 0 radical (unpaired) electrons. The van der Waals surface area contributed by atoms with Crippen molar-refractivity contribution in [1.82, 2.24) is 16.0 Å². The second-order valence-corrected chi connectivity index (χ2v) is 5.94. The van der Waals surface area contributed by atoms with Gasteiger partial charge < -0.3 is 16.0 Å². The molecule has 2 rings (SSSR count). The van der Waals surface area contributed by atoms with Gasteiger partial charge in [-0.15, -0.1) is 12.4 Å². The zero-order valence-corrected chi connectivity index (χ0v) is 14.8. The summed E-state index contributed by atoms with van der Waals surface area (Å²) < 4.78 is 0. The van der Waals surface area contributed by atoms with Gasteiger partial charge in [0.25, 0.3) is 11.6 Å². The first-order valence-corrected chi connectivity index (χ1v) is 8.01. The zero-order valence-electron chi connectivity index (χ0n) is 14.0. The van der Waals surface area contributed by atoms with Gasteiger partial charge in [-0.2, -0.15) is 0 Å². The van der Waals surface area contributed by atoms with Crippen molar-refractivity contribution in [3.63, 3.8) is 0 Å². The summed E-state index contributed by atoms with van der Waals surface area (Å²) in [6.45, 7) is 4.16. The molecule has 2 unspecified atom stereocenters. The molecule has 1 aromatic rings. The molecule has 1 saturated heterocycles. The number of nitro benzene ring substituents is 1. The second kappa shape index (κ2) is 9.95. The highest BCUT2D eigenvalue weighted by Gasteiger charge is 2.19. The molecular formula is C16H23ClN4O4.